The molecule has 104 valence electrons. The van der Waals surface area contributed by atoms with Gasteiger partial charge in [0.25, 0.3) is 5.91 Å². The van der Waals surface area contributed by atoms with Crippen LogP contribution in [0.15, 0.2) is 16.8 Å². The fraction of sp³-hybridized carbons (Fsp3) is 0.417. The molecule has 1 heterocycles. The lowest BCUT2D eigenvalue weighted by atomic mass is 10.3. The summed E-state index contributed by atoms with van der Waals surface area (Å²) in [5.74, 6) is -1.27. The van der Waals surface area contributed by atoms with Crippen LogP contribution >= 0.6 is 11.3 Å². The van der Waals surface area contributed by atoms with Gasteiger partial charge in [0.05, 0.1) is 0 Å². The Morgan fingerprint density at radius 1 is 1.16 bits per heavy atom. The van der Waals surface area contributed by atoms with Gasteiger partial charge in [-0.1, -0.05) is 0 Å². The van der Waals surface area contributed by atoms with Gasteiger partial charge >= 0.3 is 5.97 Å². The van der Waals surface area contributed by atoms with Gasteiger partial charge in [0.15, 0.2) is 0 Å². The number of rotatable bonds is 8. The summed E-state index contributed by atoms with van der Waals surface area (Å²) >= 11 is 1.44. The first kappa shape index (κ1) is 15.2. The van der Waals surface area contributed by atoms with E-state index >= 15 is 0 Å². The minimum atomic E-state index is -0.878. The molecule has 3 N–H and O–H groups in total. The standard InChI is InChI=1S/C12H16N2O4S/c15-10(13-5-1-2-11(16)17)3-6-14-12(18)9-4-7-19-8-9/h4,7-8H,1-3,5-6H2,(H,13,15)(H,14,18)(H,16,17). The third kappa shape index (κ3) is 6.56. The largest absolute Gasteiger partial charge is 0.481 e. The third-order valence-electron chi connectivity index (χ3n) is 2.31. The second kappa shape index (κ2) is 8.25. The number of hydrogen-bond acceptors (Lipinski definition) is 4. The van der Waals surface area contributed by atoms with Gasteiger partial charge < -0.3 is 15.7 Å². The second-order valence-corrected chi connectivity index (χ2v) is 4.65. The first-order chi connectivity index (χ1) is 9.09. The smallest absolute Gasteiger partial charge is 0.303 e. The number of carboxylic acid groups (broad SMARTS) is 1. The Morgan fingerprint density at radius 3 is 2.58 bits per heavy atom. The fourth-order valence-corrected chi connectivity index (χ4v) is 1.98. The molecular formula is C12H16N2O4S. The Labute approximate surface area is 114 Å². The van der Waals surface area contributed by atoms with Crippen molar-refractivity contribution >= 4 is 29.1 Å². The fourth-order valence-electron chi connectivity index (χ4n) is 1.34. The highest BCUT2D eigenvalue weighted by Crippen LogP contribution is 2.04. The predicted octanol–water partition coefficient (Wildman–Crippen LogP) is 0.849. The van der Waals surface area contributed by atoms with Crippen LogP contribution in [-0.2, 0) is 9.59 Å². The van der Waals surface area contributed by atoms with Crippen LogP contribution in [0.2, 0.25) is 0 Å². The maximum Gasteiger partial charge on any atom is 0.303 e. The average Bonchev–Trinajstić information content (AvgIpc) is 2.88. The molecule has 2 amide bonds. The van der Waals surface area contributed by atoms with Crippen LogP contribution in [0.3, 0.4) is 0 Å². The molecule has 19 heavy (non-hydrogen) atoms. The quantitative estimate of drug-likeness (QED) is 0.617. The molecule has 1 aromatic rings. The minimum Gasteiger partial charge on any atom is -0.481 e. The predicted molar refractivity (Wildman–Crippen MR) is 71.1 cm³/mol. The van der Waals surface area contributed by atoms with Crippen molar-refractivity contribution < 1.29 is 19.5 Å². The first-order valence-corrected chi connectivity index (χ1v) is 6.83. The van der Waals surface area contributed by atoms with Crippen LogP contribution in [-0.4, -0.2) is 36.0 Å². The van der Waals surface area contributed by atoms with Crippen molar-refractivity contribution in [3.63, 3.8) is 0 Å². The molecule has 1 rings (SSSR count). The van der Waals surface area contributed by atoms with Crippen molar-refractivity contribution in [2.24, 2.45) is 0 Å². The number of hydrogen-bond donors (Lipinski definition) is 3. The van der Waals surface area contributed by atoms with E-state index in [-0.39, 0.29) is 31.2 Å². The molecular weight excluding hydrogens is 268 g/mol. The summed E-state index contributed by atoms with van der Waals surface area (Å²) in [5.41, 5.74) is 0.590. The van der Waals surface area contributed by atoms with E-state index in [1.54, 1.807) is 11.4 Å². The lowest BCUT2D eigenvalue weighted by molar-refractivity contribution is -0.137. The van der Waals surface area contributed by atoms with Gasteiger partial charge in [-0.2, -0.15) is 11.3 Å². The van der Waals surface area contributed by atoms with E-state index in [1.807, 2.05) is 5.38 Å². The second-order valence-electron chi connectivity index (χ2n) is 3.87. The highest BCUT2D eigenvalue weighted by Gasteiger charge is 2.06. The topological polar surface area (TPSA) is 95.5 Å². The van der Waals surface area contributed by atoms with Crippen LogP contribution in [0, 0.1) is 0 Å². The molecule has 0 unspecified atom stereocenters. The molecule has 0 saturated heterocycles. The molecule has 0 aromatic carbocycles. The molecule has 0 aliphatic carbocycles. The summed E-state index contributed by atoms with van der Waals surface area (Å²) in [4.78, 5) is 33.1. The third-order valence-corrected chi connectivity index (χ3v) is 2.99. The van der Waals surface area contributed by atoms with E-state index in [4.69, 9.17) is 5.11 Å². The van der Waals surface area contributed by atoms with Gasteiger partial charge in [0, 0.05) is 36.9 Å². The maximum absolute atomic E-state index is 11.5. The van der Waals surface area contributed by atoms with Crippen LogP contribution in [0.1, 0.15) is 29.6 Å². The SMILES string of the molecule is O=C(O)CCCNC(=O)CCNC(=O)c1ccsc1. The van der Waals surface area contributed by atoms with Crippen LogP contribution < -0.4 is 10.6 Å². The molecule has 7 heteroatoms. The van der Waals surface area contributed by atoms with Gasteiger partial charge in [0.1, 0.15) is 0 Å². The monoisotopic (exact) mass is 284 g/mol. The summed E-state index contributed by atoms with van der Waals surface area (Å²) in [6.07, 6.45) is 0.625. The van der Waals surface area contributed by atoms with Crippen molar-refractivity contribution in [1.29, 1.82) is 0 Å². The molecule has 0 spiro atoms. The maximum atomic E-state index is 11.5. The molecule has 0 radical (unpaired) electrons. The summed E-state index contributed by atoms with van der Waals surface area (Å²) in [7, 11) is 0. The first-order valence-electron chi connectivity index (χ1n) is 5.88. The van der Waals surface area contributed by atoms with Crippen molar-refractivity contribution in [2.75, 3.05) is 13.1 Å². The molecule has 0 aliphatic rings. The van der Waals surface area contributed by atoms with Crippen molar-refractivity contribution in [1.82, 2.24) is 10.6 Å². The molecule has 0 bridgehead atoms. The Hall–Kier alpha value is -1.89. The summed E-state index contributed by atoms with van der Waals surface area (Å²) in [5, 5.41) is 17.2. The highest BCUT2D eigenvalue weighted by atomic mass is 32.1. The number of carboxylic acids is 1. The Balaban J connectivity index is 2.07. The molecule has 0 saturated carbocycles. The molecule has 1 aromatic heterocycles. The van der Waals surface area contributed by atoms with E-state index in [9.17, 15) is 14.4 Å². The van der Waals surface area contributed by atoms with E-state index in [1.165, 1.54) is 11.3 Å². The number of amides is 2. The van der Waals surface area contributed by atoms with Crippen LogP contribution in [0.25, 0.3) is 0 Å². The average molecular weight is 284 g/mol. The summed E-state index contributed by atoms with van der Waals surface area (Å²) < 4.78 is 0. The van der Waals surface area contributed by atoms with Crippen LogP contribution in [0.4, 0.5) is 0 Å². The normalized spacial score (nSPS) is 9.89. The highest BCUT2D eigenvalue weighted by molar-refractivity contribution is 7.08. The zero-order chi connectivity index (χ0) is 14.1. The molecule has 0 fully saturated rings. The van der Waals surface area contributed by atoms with E-state index in [0.29, 0.717) is 18.5 Å². The summed E-state index contributed by atoms with van der Waals surface area (Å²) in [6.45, 7) is 0.600. The van der Waals surface area contributed by atoms with Gasteiger partial charge in [-0.05, 0) is 17.9 Å². The number of carbonyl (C=O) groups is 3. The van der Waals surface area contributed by atoms with Gasteiger partial charge in [0.2, 0.25) is 5.91 Å². The molecule has 0 aliphatic heterocycles. The van der Waals surface area contributed by atoms with Crippen molar-refractivity contribution in [2.45, 2.75) is 19.3 Å². The zero-order valence-corrected chi connectivity index (χ0v) is 11.2. The number of aliphatic carboxylic acids is 1. The summed E-state index contributed by atoms with van der Waals surface area (Å²) in [6, 6.07) is 1.71. The van der Waals surface area contributed by atoms with E-state index < -0.39 is 5.97 Å². The minimum absolute atomic E-state index is 0.0369. The van der Waals surface area contributed by atoms with E-state index in [0.717, 1.165) is 0 Å². The lowest BCUT2D eigenvalue weighted by Crippen LogP contribution is -2.31. The zero-order valence-electron chi connectivity index (χ0n) is 10.3. The van der Waals surface area contributed by atoms with Crippen molar-refractivity contribution in [3.8, 4) is 0 Å². The molecule has 6 nitrogen and oxygen atoms in total. The van der Waals surface area contributed by atoms with Gasteiger partial charge in [-0.3, -0.25) is 14.4 Å². The Morgan fingerprint density at radius 2 is 1.95 bits per heavy atom. The number of nitrogens with one attached hydrogen (secondary N) is 2. The van der Waals surface area contributed by atoms with E-state index in [2.05, 4.69) is 10.6 Å². The van der Waals surface area contributed by atoms with Gasteiger partial charge in [-0.15, -0.1) is 0 Å². The number of thiophene rings is 1. The Bertz CT molecular complexity index is 431. The Kier molecular flexibility index (Phi) is 6.59. The van der Waals surface area contributed by atoms with Crippen molar-refractivity contribution in [3.05, 3.63) is 22.4 Å². The lowest BCUT2D eigenvalue weighted by Gasteiger charge is -2.05. The molecule has 0 atom stereocenters. The van der Waals surface area contributed by atoms with Gasteiger partial charge in [-0.25, -0.2) is 0 Å². The number of carbonyl (C=O) groups excluding carboxylic acids is 2. The van der Waals surface area contributed by atoms with Crippen LogP contribution in [0.5, 0.6) is 0 Å².